The Hall–Kier alpha value is -2.57. The summed E-state index contributed by atoms with van der Waals surface area (Å²) < 4.78 is 0. The molecule has 3 N–H and O–H groups in total. The van der Waals surface area contributed by atoms with E-state index in [-0.39, 0.29) is 11.5 Å². The number of amides is 1. The highest BCUT2D eigenvalue weighted by atomic mass is 16.1. The Bertz CT molecular complexity index is 500. The van der Waals surface area contributed by atoms with Crippen molar-refractivity contribution in [3.8, 4) is 0 Å². The summed E-state index contributed by atoms with van der Waals surface area (Å²) in [5.74, 6) is -0.364. The van der Waals surface area contributed by atoms with Crippen LogP contribution in [0, 0.1) is 0 Å². The molecule has 0 fully saturated rings. The van der Waals surface area contributed by atoms with Crippen molar-refractivity contribution in [1.82, 2.24) is 19.9 Å². The molecule has 7 heteroatoms. The fourth-order valence-electron chi connectivity index (χ4n) is 1.11. The fourth-order valence-corrected chi connectivity index (χ4v) is 1.11. The van der Waals surface area contributed by atoms with E-state index in [2.05, 4.69) is 25.3 Å². The van der Waals surface area contributed by atoms with E-state index in [4.69, 9.17) is 5.73 Å². The van der Waals surface area contributed by atoms with Crippen LogP contribution in [0.2, 0.25) is 0 Å². The van der Waals surface area contributed by atoms with E-state index in [0.717, 1.165) is 0 Å². The Morgan fingerprint density at radius 3 is 2.56 bits per heavy atom. The Morgan fingerprint density at radius 2 is 1.88 bits per heavy atom. The summed E-state index contributed by atoms with van der Waals surface area (Å²) in [5.41, 5.74) is 5.83. The van der Waals surface area contributed by atoms with Crippen molar-refractivity contribution in [2.45, 2.75) is 0 Å². The van der Waals surface area contributed by atoms with Gasteiger partial charge in [0.15, 0.2) is 11.5 Å². The summed E-state index contributed by atoms with van der Waals surface area (Å²) in [5, 5.41) is 2.85. The van der Waals surface area contributed by atoms with Crippen molar-refractivity contribution in [3.05, 3.63) is 36.8 Å². The van der Waals surface area contributed by atoms with Crippen LogP contribution in [0.1, 0.15) is 10.5 Å². The van der Waals surface area contributed by atoms with E-state index in [9.17, 15) is 4.79 Å². The van der Waals surface area contributed by atoms with Crippen molar-refractivity contribution in [2.24, 2.45) is 5.73 Å². The molecule has 2 heterocycles. The third-order valence-corrected chi connectivity index (χ3v) is 1.75. The zero-order chi connectivity index (χ0) is 11.4. The number of nitrogens with two attached hydrogens (primary N) is 1. The van der Waals surface area contributed by atoms with Gasteiger partial charge in [-0.15, -0.1) is 0 Å². The third kappa shape index (κ3) is 2.08. The van der Waals surface area contributed by atoms with E-state index in [0.29, 0.717) is 5.69 Å². The molecule has 7 nitrogen and oxygen atoms in total. The summed E-state index contributed by atoms with van der Waals surface area (Å²) in [4.78, 5) is 26.5. The second-order valence-corrected chi connectivity index (χ2v) is 2.87. The summed E-state index contributed by atoms with van der Waals surface area (Å²) in [7, 11) is 0. The van der Waals surface area contributed by atoms with Crippen molar-refractivity contribution >= 4 is 17.4 Å². The maximum atomic E-state index is 11.1. The second-order valence-electron chi connectivity index (χ2n) is 2.87. The maximum absolute atomic E-state index is 11.1. The quantitative estimate of drug-likeness (QED) is 0.754. The van der Waals surface area contributed by atoms with Gasteiger partial charge in [-0.1, -0.05) is 0 Å². The molecule has 0 aliphatic rings. The minimum absolute atomic E-state index is 0.0753. The van der Waals surface area contributed by atoms with E-state index in [1.54, 1.807) is 12.4 Å². The van der Waals surface area contributed by atoms with Crippen LogP contribution in [-0.4, -0.2) is 25.8 Å². The lowest BCUT2D eigenvalue weighted by Gasteiger charge is -2.06. The van der Waals surface area contributed by atoms with Gasteiger partial charge in [0.25, 0.3) is 5.91 Å². The molecular weight excluding hydrogens is 208 g/mol. The molecule has 0 saturated carbocycles. The Labute approximate surface area is 90.8 Å². The van der Waals surface area contributed by atoms with Crippen LogP contribution in [0.5, 0.6) is 0 Å². The van der Waals surface area contributed by atoms with Gasteiger partial charge in [0.05, 0.1) is 18.1 Å². The normalized spacial score (nSPS) is 9.75. The predicted molar refractivity (Wildman–Crippen MR) is 55.9 cm³/mol. The van der Waals surface area contributed by atoms with E-state index in [1.165, 1.54) is 18.7 Å². The molecule has 2 aromatic rings. The lowest BCUT2D eigenvalue weighted by molar-refractivity contribution is 0.0996. The molecule has 1 amide bonds. The lowest BCUT2D eigenvalue weighted by atomic mass is 10.3. The lowest BCUT2D eigenvalue weighted by Crippen LogP contribution is -2.16. The summed E-state index contributed by atoms with van der Waals surface area (Å²) in [6.45, 7) is 0. The van der Waals surface area contributed by atoms with Gasteiger partial charge < -0.3 is 11.1 Å². The van der Waals surface area contributed by atoms with Gasteiger partial charge in [0, 0.05) is 12.4 Å². The van der Waals surface area contributed by atoms with Crippen LogP contribution in [-0.2, 0) is 0 Å². The number of hydrogen-bond acceptors (Lipinski definition) is 6. The third-order valence-electron chi connectivity index (χ3n) is 1.75. The second kappa shape index (κ2) is 4.30. The molecule has 0 aliphatic carbocycles. The van der Waals surface area contributed by atoms with Gasteiger partial charge in [-0.2, -0.15) is 0 Å². The predicted octanol–water partition coefficient (Wildman–Crippen LogP) is 0.109. The van der Waals surface area contributed by atoms with Crippen LogP contribution in [0.25, 0.3) is 0 Å². The highest BCUT2D eigenvalue weighted by molar-refractivity contribution is 5.96. The molecule has 0 radical (unpaired) electrons. The van der Waals surface area contributed by atoms with Gasteiger partial charge in [-0.05, 0) is 0 Å². The Kier molecular flexibility index (Phi) is 2.68. The number of rotatable bonds is 3. The van der Waals surface area contributed by atoms with Crippen molar-refractivity contribution < 1.29 is 4.79 Å². The Morgan fingerprint density at radius 1 is 1.19 bits per heavy atom. The zero-order valence-electron chi connectivity index (χ0n) is 8.16. The first kappa shape index (κ1) is 9.97. The molecule has 0 saturated heterocycles. The average molecular weight is 216 g/mol. The minimum atomic E-state index is -0.646. The fraction of sp³-hybridized carbons (Fsp3) is 0. The van der Waals surface area contributed by atoms with Crippen LogP contribution in [0.15, 0.2) is 31.1 Å². The molecule has 0 unspecified atom stereocenters. The van der Waals surface area contributed by atoms with Crippen molar-refractivity contribution in [3.63, 3.8) is 0 Å². The van der Waals surface area contributed by atoms with Gasteiger partial charge >= 0.3 is 0 Å². The molecule has 0 aliphatic heterocycles. The smallest absolute Gasteiger partial charge is 0.271 e. The number of anilines is 2. The SMILES string of the molecule is NC(=O)c1nccnc1Nc1cncnc1. The number of carbonyl (C=O) groups is 1. The van der Waals surface area contributed by atoms with Crippen LogP contribution in [0.3, 0.4) is 0 Å². The number of aromatic nitrogens is 4. The monoisotopic (exact) mass is 216 g/mol. The zero-order valence-corrected chi connectivity index (χ0v) is 8.16. The molecule has 0 spiro atoms. The highest BCUT2D eigenvalue weighted by Gasteiger charge is 2.10. The molecule has 0 bridgehead atoms. The largest absolute Gasteiger partial charge is 0.364 e. The van der Waals surface area contributed by atoms with Crippen LogP contribution in [0.4, 0.5) is 11.5 Å². The molecule has 16 heavy (non-hydrogen) atoms. The first-order valence-electron chi connectivity index (χ1n) is 4.40. The summed E-state index contributed by atoms with van der Waals surface area (Å²) in [6.07, 6.45) is 7.35. The van der Waals surface area contributed by atoms with E-state index < -0.39 is 5.91 Å². The van der Waals surface area contributed by atoms with Gasteiger partial charge in [-0.25, -0.2) is 19.9 Å². The maximum Gasteiger partial charge on any atom is 0.271 e. The number of nitrogens with one attached hydrogen (secondary N) is 1. The standard InChI is InChI=1S/C9H8N6O/c10-8(16)7-9(14-2-1-13-7)15-6-3-11-5-12-4-6/h1-5H,(H2,10,16)(H,14,15). The molecule has 0 aromatic carbocycles. The molecule has 2 rings (SSSR count). The highest BCUT2D eigenvalue weighted by Crippen LogP contribution is 2.13. The Balaban J connectivity index is 2.31. The molecule has 0 atom stereocenters. The van der Waals surface area contributed by atoms with Crippen molar-refractivity contribution in [1.29, 1.82) is 0 Å². The van der Waals surface area contributed by atoms with Gasteiger partial charge in [0.2, 0.25) is 0 Å². The first-order chi connectivity index (χ1) is 7.77. The summed E-state index contributed by atoms with van der Waals surface area (Å²) >= 11 is 0. The summed E-state index contributed by atoms with van der Waals surface area (Å²) in [6, 6.07) is 0. The van der Waals surface area contributed by atoms with Gasteiger partial charge in [-0.3, -0.25) is 4.79 Å². The van der Waals surface area contributed by atoms with Gasteiger partial charge in [0.1, 0.15) is 6.33 Å². The van der Waals surface area contributed by atoms with Crippen LogP contribution >= 0.6 is 0 Å². The molecular formula is C9H8N6O. The number of hydrogen-bond donors (Lipinski definition) is 2. The van der Waals surface area contributed by atoms with E-state index in [1.807, 2.05) is 0 Å². The minimum Gasteiger partial charge on any atom is -0.364 e. The van der Waals surface area contributed by atoms with Crippen LogP contribution < -0.4 is 11.1 Å². The average Bonchev–Trinajstić information content (AvgIpc) is 2.31. The van der Waals surface area contributed by atoms with Crippen molar-refractivity contribution in [2.75, 3.05) is 5.32 Å². The number of carbonyl (C=O) groups excluding carboxylic acids is 1. The molecule has 80 valence electrons. The molecule has 2 aromatic heterocycles. The number of nitrogens with zero attached hydrogens (tertiary/aromatic N) is 4. The number of primary amides is 1. The topological polar surface area (TPSA) is 107 Å². The first-order valence-corrected chi connectivity index (χ1v) is 4.40. The van der Waals surface area contributed by atoms with E-state index >= 15 is 0 Å².